The van der Waals surface area contributed by atoms with Crippen molar-refractivity contribution in [1.82, 2.24) is 35.0 Å². The van der Waals surface area contributed by atoms with E-state index in [1.165, 1.54) is 0 Å². The molecule has 0 unspecified atom stereocenters. The van der Waals surface area contributed by atoms with Crippen molar-refractivity contribution in [2.75, 3.05) is 27.2 Å². The number of likely N-dealkylation sites (N-methyl/N-ethyl adjacent to an activating group) is 1. The van der Waals surface area contributed by atoms with Crippen molar-refractivity contribution in [3.05, 3.63) is 54.7 Å². The van der Waals surface area contributed by atoms with Crippen molar-refractivity contribution < 1.29 is 9.32 Å². The van der Waals surface area contributed by atoms with Crippen LogP contribution in [0.2, 0.25) is 0 Å². The predicted molar refractivity (Wildman–Crippen MR) is 107 cm³/mol. The van der Waals surface area contributed by atoms with Crippen LogP contribution in [0.5, 0.6) is 0 Å². The molecule has 29 heavy (non-hydrogen) atoms. The Bertz CT molecular complexity index is 1100. The third-order valence-corrected chi connectivity index (χ3v) is 4.31. The van der Waals surface area contributed by atoms with Crippen LogP contribution in [0.1, 0.15) is 5.89 Å². The van der Waals surface area contributed by atoms with Crippen LogP contribution < -0.4 is 5.32 Å². The van der Waals surface area contributed by atoms with Crippen molar-refractivity contribution in [1.29, 1.82) is 0 Å². The average molecular weight is 391 g/mol. The highest BCUT2D eigenvalue weighted by molar-refractivity contribution is 5.77. The first-order valence-electron chi connectivity index (χ1n) is 9.24. The van der Waals surface area contributed by atoms with Crippen LogP contribution in [0.15, 0.2) is 53.3 Å². The van der Waals surface area contributed by atoms with Crippen molar-refractivity contribution >= 4 is 11.6 Å². The van der Waals surface area contributed by atoms with E-state index in [1.807, 2.05) is 61.6 Å². The van der Waals surface area contributed by atoms with Gasteiger partial charge in [-0.1, -0.05) is 23.4 Å². The molecule has 1 aromatic carbocycles. The zero-order valence-corrected chi connectivity index (χ0v) is 16.2. The summed E-state index contributed by atoms with van der Waals surface area (Å²) in [5, 5.41) is 11.1. The van der Waals surface area contributed by atoms with Gasteiger partial charge in [0.1, 0.15) is 6.42 Å². The molecule has 0 radical (unpaired) electrons. The van der Waals surface area contributed by atoms with Gasteiger partial charge in [0.25, 0.3) is 0 Å². The van der Waals surface area contributed by atoms with Gasteiger partial charge in [-0.3, -0.25) is 4.79 Å². The molecule has 0 fully saturated rings. The minimum absolute atomic E-state index is 0.0538. The van der Waals surface area contributed by atoms with Crippen LogP contribution in [0.3, 0.4) is 0 Å². The Balaban J connectivity index is 1.48. The highest BCUT2D eigenvalue weighted by Crippen LogP contribution is 2.24. The van der Waals surface area contributed by atoms with E-state index in [9.17, 15) is 4.79 Å². The molecule has 0 saturated heterocycles. The lowest BCUT2D eigenvalue weighted by molar-refractivity contribution is -0.120. The number of fused-ring (bicyclic) bond motifs is 1. The SMILES string of the molecule is CN(C)CCNC(=O)Cc1nc(-c2cccc(-c3cn4ncccc4n3)c2)no1. The molecule has 0 aliphatic carbocycles. The van der Waals surface area contributed by atoms with E-state index in [0.717, 1.165) is 29.0 Å². The Hall–Kier alpha value is -3.59. The Labute approximate surface area is 167 Å². The van der Waals surface area contributed by atoms with Crippen LogP contribution in [-0.2, 0) is 11.2 Å². The maximum atomic E-state index is 12.0. The molecular formula is C20H21N7O2. The standard InChI is InChI=1S/C20H21N7O2/c1-26(2)10-9-21-18(28)12-19-24-20(25-29-19)15-6-3-5-14(11-15)16-13-27-17(23-16)7-4-8-22-27/h3-8,11,13H,9-10,12H2,1-2H3,(H,21,28). The van der Waals surface area contributed by atoms with Crippen LogP contribution in [0, 0.1) is 0 Å². The lowest BCUT2D eigenvalue weighted by Gasteiger charge is -2.09. The molecule has 0 bridgehead atoms. The second-order valence-corrected chi connectivity index (χ2v) is 6.88. The average Bonchev–Trinajstić information content (AvgIpc) is 3.34. The van der Waals surface area contributed by atoms with E-state index in [4.69, 9.17) is 4.52 Å². The smallest absolute Gasteiger partial charge is 0.236 e. The molecule has 9 nitrogen and oxygen atoms in total. The number of hydrogen-bond acceptors (Lipinski definition) is 7. The molecule has 0 atom stereocenters. The molecule has 0 spiro atoms. The molecule has 0 aliphatic heterocycles. The fourth-order valence-electron chi connectivity index (χ4n) is 2.85. The van der Waals surface area contributed by atoms with E-state index in [1.54, 1.807) is 10.7 Å². The molecule has 0 saturated carbocycles. The summed E-state index contributed by atoms with van der Waals surface area (Å²) in [4.78, 5) is 22.9. The van der Waals surface area contributed by atoms with Crippen molar-refractivity contribution in [3.63, 3.8) is 0 Å². The van der Waals surface area contributed by atoms with Gasteiger partial charge >= 0.3 is 0 Å². The Morgan fingerprint density at radius 3 is 2.86 bits per heavy atom. The van der Waals surface area contributed by atoms with Crippen LogP contribution >= 0.6 is 0 Å². The number of benzene rings is 1. The molecule has 1 N–H and O–H groups in total. The van der Waals surface area contributed by atoms with E-state index in [0.29, 0.717) is 12.4 Å². The summed E-state index contributed by atoms with van der Waals surface area (Å²) < 4.78 is 6.97. The van der Waals surface area contributed by atoms with Crippen LogP contribution in [0.25, 0.3) is 28.3 Å². The summed E-state index contributed by atoms with van der Waals surface area (Å²) in [6, 6.07) is 11.4. The largest absolute Gasteiger partial charge is 0.354 e. The van der Waals surface area contributed by atoms with Crippen molar-refractivity contribution in [3.8, 4) is 22.6 Å². The summed E-state index contributed by atoms with van der Waals surface area (Å²) in [5.41, 5.74) is 3.28. The zero-order chi connectivity index (χ0) is 20.2. The molecule has 4 rings (SSSR count). The number of imidazole rings is 1. The molecule has 1 amide bonds. The highest BCUT2D eigenvalue weighted by Gasteiger charge is 2.14. The zero-order valence-electron chi connectivity index (χ0n) is 16.2. The maximum absolute atomic E-state index is 12.0. The lowest BCUT2D eigenvalue weighted by Crippen LogP contribution is -2.32. The predicted octanol–water partition coefficient (Wildman–Crippen LogP) is 1.67. The Morgan fingerprint density at radius 1 is 1.17 bits per heavy atom. The monoisotopic (exact) mass is 391 g/mol. The molecule has 3 heterocycles. The number of rotatable bonds is 7. The van der Waals surface area contributed by atoms with Crippen LogP contribution in [-0.4, -0.2) is 62.7 Å². The van der Waals surface area contributed by atoms with Gasteiger partial charge in [0.2, 0.25) is 17.6 Å². The second kappa shape index (κ2) is 8.19. The summed E-state index contributed by atoms with van der Waals surface area (Å²) in [5.74, 6) is 0.572. The second-order valence-electron chi connectivity index (χ2n) is 6.88. The van der Waals surface area contributed by atoms with Gasteiger partial charge < -0.3 is 14.7 Å². The van der Waals surface area contributed by atoms with Crippen LogP contribution in [0.4, 0.5) is 0 Å². The third kappa shape index (κ3) is 4.46. The first-order chi connectivity index (χ1) is 14.1. The molecule has 0 aliphatic rings. The van der Waals surface area contributed by atoms with E-state index in [2.05, 4.69) is 25.5 Å². The minimum atomic E-state index is -0.145. The number of aromatic nitrogens is 5. The third-order valence-electron chi connectivity index (χ3n) is 4.31. The summed E-state index contributed by atoms with van der Waals surface area (Å²) in [6.07, 6.45) is 3.64. The minimum Gasteiger partial charge on any atom is -0.354 e. The topological polar surface area (TPSA) is 101 Å². The van der Waals surface area contributed by atoms with Gasteiger partial charge in [0.15, 0.2) is 5.65 Å². The number of carbonyl (C=O) groups is 1. The van der Waals surface area contributed by atoms with Gasteiger partial charge in [0.05, 0.1) is 11.9 Å². The van der Waals surface area contributed by atoms with Gasteiger partial charge in [-0.25, -0.2) is 9.50 Å². The van der Waals surface area contributed by atoms with E-state index < -0.39 is 0 Å². The fourth-order valence-corrected chi connectivity index (χ4v) is 2.85. The van der Waals surface area contributed by atoms with E-state index in [-0.39, 0.29) is 18.2 Å². The molecule has 148 valence electrons. The van der Waals surface area contributed by atoms with Gasteiger partial charge in [0, 0.05) is 30.4 Å². The normalized spacial score (nSPS) is 11.3. The molecule has 9 heteroatoms. The Kier molecular flexibility index (Phi) is 5.30. The lowest BCUT2D eigenvalue weighted by atomic mass is 10.1. The molecule has 4 aromatic rings. The molecule has 3 aromatic heterocycles. The quantitative estimate of drug-likeness (QED) is 0.511. The number of nitrogens with one attached hydrogen (secondary N) is 1. The first kappa shape index (κ1) is 18.8. The summed E-state index contributed by atoms with van der Waals surface area (Å²) in [7, 11) is 3.90. The Morgan fingerprint density at radius 2 is 2.03 bits per heavy atom. The van der Waals surface area contributed by atoms with Crippen molar-refractivity contribution in [2.45, 2.75) is 6.42 Å². The van der Waals surface area contributed by atoms with Gasteiger partial charge in [-0.05, 0) is 32.3 Å². The number of carbonyl (C=O) groups excluding carboxylic acids is 1. The summed E-state index contributed by atoms with van der Waals surface area (Å²) >= 11 is 0. The van der Waals surface area contributed by atoms with Gasteiger partial charge in [-0.15, -0.1) is 0 Å². The number of amides is 1. The first-order valence-corrected chi connectivity index (χ1v) is 9.24. The maximum Gasteiger partial charge on any atom is 0.236 e. The number of hydrogen-bond donors (Lipinski definition) is 1. The van der Waals surface area contributed by atoms with Gasteiger partial charge in [-0.2, -0.15) is 10.1 Å². The van der Waals surface area contributed by atoms with E-state index >= 15 is 0 Å². The highest BCUT2D eigenvalue weighted by atomic mass is 16.5. The summed E-state index contributed by atoms with van der Waals surface area (Å²) in [6.45, 7) is 1.34. The fraction of sp³-hybridized carbons (Fsp3) is 0.250. The van der Waals surface area contributed by atoms with Crippen molar-refractivity contribution in [2.24, 2.45) is 0 Å². The number of nitrogens with zero attached hydrogens (tertiary/aromatic N) is 6. The molecular weight excluding hydrogens is 370 g/mol.